The number of nitrogens with one attached hydrogen (secondary N) is 1. The van der Waals surface area contributed by atoms with Crippen LogP contribution in [0.5, 0.6) is 11.5 Å². The van der Waals surface area contributed by atoms with Gasteiger partial charge in [0.15, 0.2) is 11.6 Å². The van der Waals surface area contributed by atoms with Crippen molar-refractivity contribution in [3.8, 4) is 17.4 Å². The highest BCUT2D eigenvalue weighted by Crippen LogP contribution is 2.31. The lowest BCUT2D eigenvalue weighted by Gasteiger charge is -2.10. The molecule has 4 aromatic rings. The zero-order valence-electron chi connectivity index (χ0n) is 15.6. The number of carbonyl (C=O) groups is 1. The molecule has 1 aliphatic rings. The van der Waals surface area contributed by atoms with Crippen molar-refractivity contribution in [2.24, 2.45) is 0 Å². The van der Waals surface area contributed by atoms with Gasteiger partial charge in [0.25, 0.3) is 5.56 Å². The Morgan fingerprint density at radius 1 is 1.20 bits per heavy atom. The first-order chi connectivity index (χ1) is 14.5. The van der Waals surface area contributed by atoms with Crippen molar-refractivity contribution in [1.82, 2.24) is 19.7 Å². The molecule has 1 aliphatic carbocycles. The number of benzene rings is 2. The molecule has 9 heteroatoms. The highest BCUT2D eigenvalue weighted by atomic mass is 19.1. The maximum Gasteiger partial charge on any atom is 0.338 e. The van der Waals surface area contributed by atoms with E-state index in [1.165, 1.54) is 23.4 Å². The molecule has 0 saturated carbocycles. The molecule has 0 bridgehead atoms. The molecule has 8 nitrogen and oxygen atoms in total. The van der Waals surface area contributed by atoms with Crippen molar-refractivity contribution in [2.45, 2.75) is 19.3 Å². The number of aromatic nitrogens is 4. The van der Waals surface area contributed by atoms with Gasteiger partial charge in [-0.1, -0.05) is 6.07 Å². The van der Waals surface area contributed by atoms with Crippen LogP contribution in [0.2, 0.25) is 0 Å². The molecule has 0 saturated heterocycles. The lowest BCUT2D eigenvalue weighted by atomic mass is 10.1. The van der Waals surface area contributed by atoms with Crippen LogP contribution in [-0.2, 0) is 12.8 Å². The zero-order chi connectivity index (χ0) is 20.8. The lowest BCUT2D eigenvalue weighted by Crippen LogP contribution is -2.14. The van der Waals surface area contributed by atoms with Crippen molar-refractivity contribution in [3.05, 3.63) is 75.6 Å². The van der Waals surface area contributed by atoms with Crippen LogP contribution in [0, 0.1) is 5.82 Å². The summed E-state index contributed by atoms with van der Waals surface area (Å²) in [6, 6.07) is 8.08. The Hall–Kier alpha value is -4.01. The minimum atomic E-state index is -1.16. The van der Waals surface area contributed by atoms with E-state index in [2.05, 4.69) is 15.1 Å². The van der Waals surface area contributed by atoms with Crippen molar-refractivity contribution in [3.63, 3.8) is 0 Å². The first kappa shape index (κ1) is 18.0. The van der Waals surface area contributed by atoms with E-state index in [9.17, 15) is 14.0 Å². The average molecular weight is 406 g/mol. The van der Waals surface area contributed by atoms with Gasteiger partial charge in [-0.05, 0) is 48.6 Å². The quantitative estimate of drug-likeness (QED) is 0.538. The van der Waals surface area contributed by atoms with E-state index in [0.717, 1.165) is 36.2 Å². The average Bonchev–Trinajstić information content (AvgIpc) is 3.38. The molecule has 2 heterocycles. The number of carboxylic acid groups (broad SMARTS) is 1. The molecule has 0 amide bonds. The number of aromatic carboxylic acids is 1. The van der Waals surface area contributed by atoms with E-state index in [4.69, 9.17) is 9.84 Å². The minimum absolute atomic E-state index is 0.0216. The number of ether oxygens (including phenoxy) is 1. The SMILES string of the molecule is O=C(O)c1cnn(-c2nc3cc(F)c(Oc4ccc5c(c4)CCC5)cc3c(=O)[nH]2)c1. The number of nitrogens with zero attached hydrogens (tertiary/aromatic N) is 3. The Bertz CT molecular complexity index is 1380. The van der Waals surface area contributed by atoms with E-state index in [1.807, 2.05) is 12.1 Å². The standard InChI is InChI=1S/C21H15FN4O4/c22-16-8-17-15(7-18(16)30-14-5-4-11-2-1-3-12(11)6-14)19(27)25-21(24-17)26-10-13(9-23-26)20(28)29/h4-10H,1-3H2,(H,28,29)(H,24,25,27). The number of fused-ring (bicyclic) bond motifs is 2. The van der Waals surface area contributed by atoms with Gasteiger partial charge in [0.1, 0.15) is 5.75 Å². The van der Waals surface area contributed by atoms with E-state index in [0.29, 0.717) is 5.75 Å². The van der Waals surface area contributed by atoms with Crippen LogP contribution >= 0.6 is 0 Å². The van der Waals surface area contributed by atoms with Crippen molar-refractivity contribution in [1.29, 1.82) is 0 Å². The van der Waals surface area contributed by atoms with Crippen LogP contribution < -0.4 is 10.3 Å². The van der Waals surface area contributed by atoms with Crippen LogP contribution in [0.4, 0.5) is 4.39 Å². The summed E-state index contributed by atoms with van der Waals surface area (Å²) >= 11 is 0. The Kier molecular flexibility index (Phi) is 4.09. The fourth-order valence-corrected chi connectivity index (χ4v) is 3.60. The van der Waals surface area contributed by atoms with Gasteiger partial charge in [-0.2, -0.15) is 5.10 Å². The molecule has 2 aromatic heterocycles. The summed E-state index contributed by atoms with van der Waals surface area (Å²) in [5, 5.41) is 13.0. The number of halogens is 1. The molecule has 5 rings (SSSR count). The zero-order valence-corrected chi connectivity index (χ0v) is 15.6. The topological polar surface area (TPSA) is 110 Å². The first-order valence-corrected chi connectivity index (χ1v) is 9.29. The van der Waals surface area contributed by atoms with Crippen molar-refractivity contribution in [2.75, 3.05) is 0 Å². The van der Waals surface area contributed by atoms with Gasteiger partial charge in [0.2, 0.25) is 5.95 Å². The molecule has 0 radical (unpaired) electrons. The second-order valence-corrected chi connectivity index (χ2v) is 7.05. The van der Waals surface area contributed by atoms with Gasteiger partial charge < -0.3 is 9.84 Å². The monoisotopic (exact) mass is 406 g/mol. The van der Waals surface area contributed by atoms with Crippen molar-refractivity contribution < 1.29 is 19.0 Å². The number of H-pyrrole nitrogens is 1. The molecular weight excluding hydrogens is 391 g/mol. The Labute approximate surface area is 168 Å². The maximum absolute atomic E-state index is 14.7. The molecule has 30 heavy (non-hydrogen) atoms. The Balaban J connectivity index is 1.53. The lowest BCUT2D eigenvalue weighted by molar-refractivity contribution is 0.0697. The van der Waals surface area contributed by atoms with Gasteiger partial charge in [0, 0.05) is 12.3 Å². The summed E-state index contributed by atoms with van der Waals surface area (Å²) < 4.78 is 21.5. The number of hydrogen-bond acceptors (Lipinski definition) is 5. The molecule has 0 spiro atoms. The van der Waals surface area contributed by atoms with Gasteiger partial charge in [-0.15, -0.1) is 0 Å². The summed E-state index contributed by atoms with van der Waals surface area (Å²) in [5.41, 5.74) is 1.97. The number of aromatic amines is 1. The second-order valence-electron chi connectivity index (χ2n) is 7.05. The summed E-state index contributed by atoms with van der Waals surface area (Å²) in [7, 11) is 0. The summed E-state index contributed by atoms with van der Waals surface area (Å²) in [4.78, 5) is 30.3. The Morgan fingerprint density at radius 2 is 2.03 bits per heavy atom. The van der Waals surface area contributed by atoms with Crippen LogP contribution in [0.15, 0.2) is 47.5 Å². The third-order valence-electron chi connectivity index (χ3n) is 5.09. The molecule has 0 unspecified atom stereocenters. The molecule has 2 aromatic carbocycles. The van der Waals surface area contributed by atoms with Crippen LogP contribution in [0.3, 0.4) is 0 Å². The fraction of sp³-hybridized carbons (Fsp3) is 0.143. The minimum Gasteiger partial charge on any atom is -0.478 e. The molecule has 150 valence electrons. The molecule has 0 aliphatic heterocycles. The smallest absolute Gasteiger partial charge is 0.338 e. The maximum atomic E-state index is 14.7. The number of rotatable bonds is 4. The predicted octanol–water partition coefficient (Wildman–Crippen LogP) is 3.23. The molecule has 2 N–H and O–H groups in total. The molecule has 0 atom stereocenters. The van der Waals surface area contributed by atoms with Crippen LogP contribution in [0.25, 0.3) is 16.9 Å². The predicted molar refractivity (Wildman–Crippen MR) is 105 cm³/mol. The summed E-state index contributed by atoms with van der Waals surface area (Å²) in [6.07, 6.45) is 5.43. The van der Waals surface area contributed by atoms with E-state index in [1.54, 1.807) is 6.07 Å². The van der Waals surface area contributed by atoms with E-state index in [-0.39, 0.29) is 28.2 Å². The van der Waals surface area contributed by atoms with Crippen molar-refractivity contribution >= 4 is 16.9 Å². The largest absolute Gasteiger partial charge is 0.478 e. The number of carboxylic acids is 1. The summed E-state index contributed by atoms with van der Waals surface area (Å²) in [6.45, 7) is 0. The second kappa shape index (κ2) is 6.80. The van der Waals surface area contributed by atoms with Gasteiger partial charge >= 0.3 is 5.97 Å². The first-order valence-electron chi connectivity index (χ1n) is 9.29. The van der Waals surface area contributed by atoms with Gasteiger partial charge in [0.05, 0.1) is 22.7 Å². The van der Waals surface area contributed by atoms with Gasteiger partial charge in [-0.25, -0.2) is 18.9 Å². The van der Waals surface area contributed by atoms with Crippen LogP contribution in [-0.4, -0.2) is 30.8 Å². The molecule has 0 fully saturated rings. The Morgan fingerprint density at radius 3 is 2.83 bits per heavy atom. The van der Waals surface area contributed by atoms with Crippen LogP contribution in [0.1, 0.15) is 27.9 Å². The van der Waals surface area contributed by atoms with E-state index >= 15 is 0 Å². The number of hydrogen-bond donors (Lipinski definition) is 2. The number of aryl methyl sites for hydroxylation is 2. The van der Waals surface area contributed by atoms with Gasteiger partial charge in [-0.3, -0.25) is 9.78 Å². The highest BCUT2D eigenvalue weighted by molar-refractivity contribution is 5.87. The summed E-state index contributed by atoms with van der Waals surface area (Å²) in [5.74, 6) is -1.42. The highest BCUT2D eigenvalue weighted by Gasteiger charge is 2.16. The van der Waals surface area contributed by atoms with E-state index < -0.39 is 17.3 Å². The molecular formula is C21H15FN4O4. The normalized spacial score (nSPS) is 12.8. The third kappa shape index (κ3) is 3.10. The fourth-order valence-electron chi connectivity index (χ4n) is 3.60. The third-order valence-corrected chi connectivity index (χ3v) is 5.09.